The number of carboxylic acid groups (broad SMARTS) is 1. The second kappa shape index (κ2) is 5.02. The van der Waals surface area contributed by atoms with Crippen LogP contribution >= 0.6 is 11.8 Å². The summed E-state index contributed by atoms with van der Waals surface area (Å²) in [5.41, 5.74) is 2.74. The van der Waals surface area contributed by atoms with Crippen LogP contribution in [0.3, 0.4) is 0 Å². The predicted octanol–water partition coefficient (Wildman–Crippen LogP) is 1.84. The Morgan fingerprint density at radius 1 is 1.44 bits per heavy atom. The van der Waals surface area contributed by atoms with E-state index in [-0.39, 0.29) is 5.91 Å². The zero-order valence-corrected chi connectivity index (χ0v) is 11.2. The van der Waals surface area contributed by atoms with Gasteiger partial charge < -0.3 is 5.11 Å². The largest absolute Gasteiger partial charge is 0.480 e. The van der Waals surface area contributed by atoms with Gasteiger partial charge in [0.05, 0.1) is 5.75 Å². The fourth-order valence-corrected chi connectivity index (χ4v) is 3.08. The first-order chi connectivity index (χ1) is 8.50. The van der Waals surface area contributed by atoms with E-state index in [1.54, 1.807) is 0 Å². The molecular weight excluding hydrogens is 250 g/mol. The third-order valence-electron chi connectivity index (χ3n) is 2.98. The van der Waals surface area contributed by atoms with Crippen molar-refractivity contribution in [2.24, 2.45) is 0 Å². The Balaban J connectivity index is 2.43. The lowest BCUT2D eigenvalue weighted by atomic mass is 10.1. The number of carbonyl (C=O) groups excluding carboxylic acids is 1. The van der Waals surface area contributed by atoms with Crippen molar-refractivity contribution in [2.75, 3.05) is 16.4 Å². The number of amides is 1. The maximum atomic E-state index is 12.0. The number of aryl methyl sites for hydroxylation is 2. The summed E-state index contributed by atoms with van der Waals surface area (Å²) < 4.78 is 0. The van der Waals surface area contributed by atoms with Gasteiger partial charge in [-0.1, -0.05) is 17.7 Å². The van der Waals surface area contributed by atoms with Gasteiger partial charge in [-0.3, -0.25) is 9.69 Å². The van der Waals surface area contributed by atoms with Gasteiger partial charge in [-0.2, -0.15) is 0 Å². The molecular formula is C13H15NO3S. The highest BCUT2D eigenvalue weighted by Gasteiger charge is 2.35. The number of benzene rings is 1. The van der Waals surface area contributed by atoms with Crippen molar-refractivity contribution in [3.8, 4) is 0 Å². The fourth-order valence-electron chi connectivity index (χ4n) is 2.14. The smallest absolute Gasteiger partial charge is 0.327 e. The van der Waals surface area contributed by atoms with E-state index in [0.29, 0.717) is 17.2 Å². The van der Waals surface area contributed by atoms with E-state index in [9.17, 15) is 14.7 Å². The molecule has 0 aromatic heterocycles. The Hall–Kier alpha value is -1.49. The molecule has 2 rings (SSSR count). The maximum absolute atomic E-state index is 12.0. The second-order valence-electron chi connectivity index (χ2n) is 4.42. The third kappa shape index (κ3) is 2.36. The summed E-state index contributed by atoms with van der Waals surface area (Å²) in [6, 6.07) is 4.92. The summed E-state index contributed by atoms with van der Waals surface area (Å²) in [4.78, 5) is 24.7. The van der Waals surface area contributed by atoms with Crippen molar-refractivity contribution in [1.82, 2.24) is 0 Å². The minimum absolute atomic E-state index is 0.134. The van der Waals surface area contributed by atoms with E-state index < -0.39 is 12.0 Å². The standard InChI is InChI=1S/C13H15NO3S/c1-8-3-4-10(9(2)5-8)14-11(13(16)17)6-18-7-12(14)15/h3-5,11H,6-7H2,1-2H3,(H,16,17). The molecule has 18 heavy (non-hydrogen) atoms. The minimum Gasteiger partial charge on any atom is -0.480 e. The monoisotopic (exact) mass is 265 g/mol. The Morgan fingerprint density at radius 2 is 2.17 bits per heavy atom. The average molecular weight is 265 g/mol. The molecule has 1 heterocycles. The predicted molar refractivity (Wildman–Crippen MR) is 72.2 cm³/mol. The lowest BCUT2D eigenvalue weighted by Crippen LogP contribution is -2.51. The first kappa shape index (κ1) is 13.0. The van der Waals surface area contributed by atoms with E-state index in [1.165, 1.54) is 16.7 Å². The zero-order chi connectivity index (χ0) is 13.3. The van der Waals surface area contributed by atoms with Crippen LogP contribution in [0.5, 0.6) is 0 Å². The molecule has 1 atom stereocenters. The van der Waals surface area contributed by atoms with Gasteiger partial charge in [0.25, 0.3) is 0 Å². The molecule has 0 spiro atoms. The molecule has 1 saturated heterocycles. The highest BCUT2D eigenvalue weighted by atomic mass is 32.2. The van der Waals surface area contributed by atoms with Crippen molar-refractivity contribution < 1.29 is 14.7 Å². The van der Waals surface area contributed by atoms with Crippen molar-refractivity contribution in [3.05, 3.63) is 29.3 Å². The molecule has 4 nitrogen and oxygen atoms in total. The van der Waals surface area contributed by atoms with Crippen LogP contribution in [-0.2, 0) is 9.59 Å². The van der Waals surface area contributed by atoms with Gasteiger partial charge in [-0.15, -0.1) is 11.8 Å². The number of hydrogen-bond acceptors (Lipinski definition) is 3. The first-order valence-corrected chi connectivity index (χ1v) is 6.86. The molecule has 0 radical (unpaired) electrons. The van der Waals surface area contributed by atoms with Crippen molar-refractivity contribution in [1.29, 1.82) is 0 Å². The SMILES string of the molecule is Cc1ccc(N2C(=O)CSCC2C(=O)O)c(C)c1. The highest BCUT2D eigenvalue weighted by Crippen LogP contribution is 2.28. The molecule has 1 amide bonds. The Labute approximate surface area is 110 Å². The zero-order valence-electron chi connectivity index (χ0n) is 10.3. The summed E-state index contributed by atoms with van der Waals surface area (Å²) in [5, 5.41) is 9.23. The summed E-state index contributed by atoms with van der Waals surface area (Å²) in [6.45, 7) is 3.87. The summed E-state index contributed by atoms with van der Waals surface area (Å²) in [5.74, 6) is -0.299. The molecule has 1 aromatic carbocycles. The molecule has 96 valence electrons. The summed E-state index contributed by atoms with van der Waals surface area (Å²) in [6.07, 6.45) is 0. The first-order valence-electron chi connectivity index (χ1n) is 5.70. The van der Waals surface area contributed by atoms with Gasteiger partial charge in [0.2, 0.25) is 5.91 Å². The molecule has 1 aliphatic rings. The van der Waals surface area contributed by atoms with Crippen LogP contribution in [0.25, 0.3) is 0 Å². The lowest BCUT2D eigenvalue weighted by Gasteiger charge is -2.33. The van der Waals surface area contributed by atoms with Gasteiger partial charge in [-0.05, 0) is 25.5 Å². The Bertz CT molecular complexity index is 501. The highest BCUT2D eigenvalue weighted by molar-refractivity contribution is 8.00. The van der Waals surface area contributed by atoms with Gasteiger partial charge >= 0.3 is 5.97 Å². The molecule has 1 aromatic rings. The molecule has 0 bridgehead atoms. The lowest BCUT2D eigenvalue weighted by molar-refractivity contribution is -0.139. The Morgan fingerprint density at radius 3 is 2.78 bits per heavy atom. The van der Waals surface area contributed by atoms with Crippen LogP contribution < -0.4 is 4.90 Å². The number of nitrogens with zero attached hydrogens (tertiary/aromatic N) is 1. The Kier molecular flexibility index (Phi) is 3.61. The minimum atomic E-state index is -0.949. The molecule has 0 saturated carbocycles. The van der Waals surface area contributed by atoms with Crippen LogP contribution in [0.2, 0.25) is 0 Å². The van der Waals surface area contributed by atoms with Crippen molar-refractivity contribution in [3.63, 3.8) is 0 Å². The molecule has 1 unspecified atom stereocenters. The maximum Gasteiger partial charge on any atom is 0.327 e. The van der Waals surface area contributed by atoms with E-state index in [1.807, 2.05) is 32.0 Å². The van der Waals surface area contributed by atoms with Crippen LogP contribution in [0.15, 0.2) is 18.2 Å². The topological polar surface area (TPSA) is 57.6 Å². The number of thioether (sulfide) groups is 1. The van der Waals surface area contributed by atoms with Crippen LogP contribution in [0.4, 0.5) is 5.69 Å². The number of carbonyl (C=O) groups is 2. The van der Waals surface area contributed by atoms with Gasteiger partial charge in [0.1, 0.15) is 6.04 Å². The van der Waals surface area contributed by atoms with Gasteiger partial charge in [-0.25, -0.2) is 4.79 Å². The molecule has 1 fully saturated rings. The van der Waals surface area contributed by atoms with E-state index >= 15 is 0 Å². The molecule has 1 N–H and O–H groups in total. The van der Waals surface area contributed by atoms with Crippen LogP contribution in [-0.4, -0.2) is 34.5 Å². The molecule has 5 heteroatoms. The van der Waals surface area contributed by atoms with Gasteiger partial charge in [0.15, 0.2) is 0 Å². The van der Waals surface area contributed by atoms with E-state index in [0.717, 1.165) is 11.1 Å². The second-order valence-corrected chi connectivity index (χ2v) is 5.45. The van der Waals surface area contributed by atoms with Crippen molar-refractivity contribution >= 4 is 29.3 Å². The fraction of sp³-hybridized carbons (Fsp3) is 0.385. The number of carboxylic acids is 1. The molecule has 0 aliphatic carbocycles. The summed E-state index contributed by atoms with van der Waals surface area (Å²) in [7, 11) is 0. The van der Waals surface area contributed by atoms with E-state index in [2.05, 4.69) is 0 Å². The normalized spacial score (nSPS) is 20.0. The van der Waals surface area contributed by atoms with Crippen LogP contribution in [0, 0.1) is 13.8 Å². The number of aliphatic carboxylic acids is 1. The number of hydrogen-bond donors (Lipinski definition) is 1. The number of anilines is 1. The van der Waals surface area contributed by atoms with Crippen LogP contribution in [0.1, 0.15) is 11.1 Å². The molecule has 1 aliphatic heterocycles. The summed E-state index contributed by atoms with van der Waals surface area (Å²) >= 11 is 1.37. The average Bonchev–Trinajstić information content (AvgIpc) is 2.29. The van der Waals surface area contributed by atoms with Gasteiger partial charge in [0, 0.05) is 11.4 Å². The number of rotatable bonds is 2. The van der Waals surface area contributed by atoms with Crippen molar-refractivity contribution in [2.45, 2.75) is 19.9 Å². The quantitative estimate of drug-likeness (QED) is 0.886. The third-order valence-corrected chi connectivity index (χ3v) is 3.98. The van der Waals surface area contributed by atoms with E-state index in [4.69, 9.17) is 0 Å².